The molecule has 0 radical (unpaired) electrons. The Morgan fingerprint density at radius 2 is 2.16 bits per heavy atom. The summed E-state index contributed by atoms with van der Waals surface area (Å²) in [5.74, 6) is 0. The highest BCUT2D eigenvalue weighted by Gasteiger charge is 2.29. The summed E-state index contributed by atoms with van der Waals surface area (Å²) in [5, 5.41) is 3.33. The minimum absolute atomic E-state index is 0.702. The third-order valence-corrected chi connectivity index (χ3v) is 4.23. The van der Waals surface area contributed by atoms with Gasteiger partial charge < -0.3 is 5.32 Å². The summed E-state index contributed by atoms with van der Waals surface area (Å²) in [4.78, 5) is 7.23. The van der Waals surface area contributed by atoms with Crippen molar-refractivity contribution in [2.45, 2.75) is 65.2 Å². The van der Waals surface area contributed by atoms with Gasteiger partial charge in [0.15, 0.2) is 0 Å². The van der Waals surface area contributed by atoms with Gasteiger partial charge in [-0.1, -0.05) is 19.9 Å². The first-order valence-electron chi connectivity index (χ1n) is 7.64. The van der Waals surface area contributed by atoms with Crippen molar-refractivity contribution in [3.8, 4) is 0 Å². The molecule has 0 bridgehead atoms. The number of aromatic nitrogens is 1. The molecule has 1 fully saturated rings. The Labute approximate surface area is 117 Å². The molecule has 0 saturated carbocycles. The zero-order valence-electron chi connectivity index (χ0n) is 12.5. The first-order valence-corrected chi connectivity index (χ1v) is 7.64. The van der Waals surface area contributed by atoms with E-state index < -0.39 is 0 Å². The van der Waals surface area contributed by atoms with Crippen molar-refractivity contribution in [2.75, 3.05) is 6.54 Å². The lowest BCUT2D eigenvalue weighted by atomic mass is 10.1. The van der Waals surface area contributed by atoms with Crippen LogP contribution >= 0.6 is 0 Å². The second kappa shape index (κ2) is 7.01. The smallest absolute Gasteiger partial charge is 0.0544 e. The fraction of sp³-hybridized carbons (Fsp3) is 0.688. The number of pyridine rings is 1. The Bertz CT molecular complexity index is 374. The maximum atomic E-state index is 4.62. The van der Waals surface area contributed by atoms with Gasteiger partial charge in [-0.15, -0.1) is 0 Å². The van der Waals surface area contributed by atoms with Crippen molar-refractivity contribution in [1.82, 2.24) is 15.2 Å². The summed E-state index contributed by atoms with van der Waals surface area (Å²) < 4.78 is 0. The maximum Gasteiger partial charge on any atom is 0.0544 e. The Balaban J connectivity index is 1.95. The molecule has 2 heterocycles. The van der Waals surface area contributed by atoms with E-state index in [-0.39, 0.29) is 0 Å². The summed E-state index contributed by atoms with van der Waals surface area (Å²) in [5.41, 5.74) is 2.47. The van der Waals surface area contributed by atoms with E-state index in [9.17, 15) is 0 Å². The van der Waals surface area contributed by atoms with Crippen molar-refractivity contribution in [3.05, 3.63) is 29.6 Å². The van der Waals surface area contributed by atoms with Crippen LogP contribution in [0.25, 0.3) is 0 Å². The van der Waals surface area contributed by atoms with Gasteiger partial charge >= 0.3 is 0 Å². The molecule has 19 heavy (non-hydrogen) atoms. The molecule has 1 aromatic heterocycles. The van der Waals surface area contributed by atoms with Crippen LogP contribution in [0.1, 0.15) is 51.3 Å². The van der Waals surface area contributed by atoms with Crippen LogP contribution in [0.3, 0.4) is 0 Å². The fourth-order valence-corrected chi connectivity index (χ4v) is 2.96. The molecule has 1 aromatic rings. The summed E-state index contributed by atoms with van der Waals surface area (Å²) >= 11 is 0. The molecule has 1 aliphatic rings. The second-order valence-electron chi connectivity index (χ2n) is 5.60. The molecule has 2 unspecified atom stereocenters. The summed E-state index contributed by atoms with van der Waals surface area (Å²) in [6, 6.07) is 5.84. The highest BCUT2D eigenvalue weighted by Crippen LogP contribution is 2.27. The van der Waals surface area contributed by atoms with Gasteiger partial charge in [-0.05, 0) is 44.4 Å². The molecule has 2 atom stereocenters. The molecule has 3 heteroatoms. The largest absolute Gasteiger partial charge is 0.313 e. The molecular weight excluding hydrogens is 234 g/mol. The zero-order valence-corrected chi connectivity index (χ0v) is 12.5. The van der Waals surface area contributed by atoms with Gasteiger partial charge in [0.1, 0.15) is 0 Å². The normalized spacial score (nSPS) is 23.9. The van der Waals surface area contributed by atoms with Crippen LogP contribution in [0.2, 0.25) is 0 Å². The Kier molecular flexibility index (Phi) is 5.34. The number of likely N-dealkylation sites (tertiary alicyclic amines) is 1. The number of hydrogen-bond acceptors (Lipinski definition) is 3. The molecule has 2 rings (SSSR count). The SMILES string of the molecule is CCNCc1ccc(CN2C(C)CCC2CC)nc1. The van der Waals surface area contributed by atoms with Gasteiger partial charge in [0, 0.05) is 31.4 Å². The van der Waals surface area contributed by atoms with Crippen LogP contribution < -0.4 is 5.32 Å². The topological polar surface area (TPSA) is 28.2 Å². The summed E-state index contributed by atoms with van der Waals surface area (Å²) in [7, 11) is 0. The second-order valence-corrected chi connectivity index (χ2v) is 5.60. The molecule has 1 N–H and O–H groups in total. The van der Waals surface area contributed by atoms with E-state index in [2.05, 4.69) is 48.1 Å². The highest BCUT2D eigenvalue weighted by atomic mass is 15.2. The molecule has 106 valence electrons. The zero-order chi connectivity index (χ0) is 13.7. The van der Waals surface area contributed by atoms with E-state index in [4.69, 9.17) is 0 Å². The first kappa shape index (κ1) is 14.5. The average molecular weight is 261 g/mol. The van der Waals surface area contributed by atoms with E-state index in [0.29, 0.717) is 6.04 Å². The Morgan fingerprint density at radius 3 is 2.79 bits per heavy atom. The van der Waals surface area contributed by atoms with Gasteiger partial charge in [0.05, 0.1) is 5.69 Å². The first-order chi connectivity index (χ1) is 9.24. The summed E-state index contributed by atoms with van der Waals surface area (Å²) in [6.45, 7) is 9.69. The third kappa shape index (κ3) is 3.77. The predicted molar refractivity (Wildman–Crippen MR) is 79.9 cm³/mol. The molecule has 0 aliphatic carbocycles. The van der Waals surface area contributed by atoms with Gasteiger partial charge in [-0.25, -0.2) is 0 Å². The van der Waals surface area contributed by atoms with Crippen molar-refractivity contribution < 1.29 is 0 Å². The Hall–Kier alpha value is -0.930. The lowest BCUT2D eigenvalue weighted by molar-refractivity contribution is 0.187. The van der Waals surface area contributed by atoms with Crippen LogP contribution in [0, 0.1) is 0 Å². The van der Waals surface area contributed by atoms with E-state index in [0.717, 1.165) is 25.7 Å². The lowest BCUT2D eigenvalue weighted by Crippen LogP contribution is -2.33. The fourth-order valence-electron chi connectivity index (χ4n) is 2.96. The van der Waals surface area contributed by atoms with E-state index in [1.807, 2.05) is 6.20 Å². The number of nitrogens with one attached hydrogen (secondary N) is 1. The quantitative estimate of drug-likeness (QED) is 0.853. The minimum atomic E-state index is 0.702. The van der Waals surface area contributed by atoms with E-state index >= 15 is 0 Å². The maximum absolute atomic E-state index is 4.62. The number of rotatable bonds is 6. The number of hydrogen-bond donors (Lipinski definition) is 1. The van der Waals surface area contributed by atoms with Crippen LogP contribution in [-0.2, 0) is 13.1 Å². The van der Waals surface area contributed by atoms with Crippen LogP contribution in [0.4, 0.5) is 0 Å². The molecule has 1 aliphatic heterocycles. The third-order valence-electron chi connectivity index (χ3n) is 4.23. The van der Waals surface area contributed by atoms with Crippen molar-refractivity contribution in [2.24, 2.45) is 0 Å². The number of nitrogens with zero attached hydrogens (tertiary/aromatic N) is 2. The van der Waals surface area contributed by atoms with Gasteiger partial charge in [-0.2, -0.15) is 0 Å². The Morgan fingerprint density at radius 1 is 1.32 bits per heavy atom. The van der Waals surface area contributed by atoms with Crippen molar-refractivity contribution >= 4 is 0 Å². The molecular formula is C16H27N3. The summed E-state index contributed by atoms with van der Waals surface area (Å²) in [6.07, 6.45) is 5.94. The van der Waals surface area contributed by atoms with Crippen molar-refractivity contribution in [3.63, 3.8) is 0 Å². The highest BCUT2D eigenvalue weighted by molar-refractivity contribution is 5.14. The molecule has 0 aromatic carbocycles. The monoisotopic (exact) mass is 261 g/mol. The molecule has 0 amide bonds. The molecule has 3 nitrogen and oxygen atoms in total. The van der Waals surface area contributed by atoms with Crippen LogP contribution in [-0.4, -0.2) is 28.5 Å². The van der Waals surface area contributed by atoms with Crippen molar-refractivity contribution in [1.29, 1.82) is 0 Å². The molecule has 1 saturated heterocycles. The molecule has 0 spiro atoms. The van der Waals surface area contributed by atoms with E-state index in [1.165, 1.54) is 30.5 Å². The van der Waals surface area contributed by atoms with Crippen LogP contribution in [0.15, 0.2) is 18.3 Å². The van der Waals surface area contributed by atoms with Gasteiger partial charge in [0.25, 0.3) is 0 Å². The lowest BCUT2D eigenvalue weighted by Gasteiger charge is -2.27. The average Bonchev–Trinajstić information content (AvgIpc) is 2.79. The van der Waals surface area contributed by atoms with Gasteiger partial charge in [0.2, 0.25) is 0 Å². The predicted octanol–water partition coefficient (Wildman–Crippen LogP) is 2.95. The standard InChI is InChI=1S/C16H27N3/c1-4-16-9-6-13(3)19(16)12-15-8-7-14(11-18-15)10-17-5-2/h7-8,11,13,16-17H,4-6,9-10,12H2,1-3H3. The van der Waals surface area contributed by atoms with E-state index in [1.54, 1.807) is 0 Å². The van der Waals surface area contributed by atoms with Gasteiger partial charge in [-0.3, -0.25) is 9.88 Å². The minimum Gasteiger partial charge on any atom is -0.313 e. The van der Waals surface area contributed by atoms with Crippen LogP contribution in [0.5, 0.6) is 0 Å².